The lowest BCUT2D eigenvalue weighted by Crippen LogP contribution is -2.32. The normalized spacial score (nSPS) is 12.2. The molecule has 1 aromatic heterocycles. The number of nitrogens with one attached hydrogen (secondary N) is 2. The number of rotatable bonds is 4. The summed E-state index contributed by atoms with van der Waals surface area (Å²) in [6, 6.07) is 8.60. The summed E-state index contributed by atoms with van der Waals surface area (Å²) in [6.07, 6.45) is 1.37. The molecule has 2 N–H and O–H groups in total. The quantitative estimate of drug-likeness (QED) is 0.908. The van der Waals surface area contributed by atoms with Gasteiger partial charge in [-0.1, -0.05) is 26.0 Å². The molecule has 1 atom stereocenters. The average molecular weight is 288 g/mol. The molecule has 1 heterocycles. The lowest BCUT2D eigenvalue weighted by atomic mass is 9.95. The second-order valence-corrected chi connectivity index (χ2v) is 5.19. The Morgan fingerprint density at radius 3 is 2.33 bits per heavy atom. The highest BCUT2D eigenvalue weighted by Gasteiger charge is 2.19. The lowest BCUT2D eigenvalue weighted by molar-refractivity contribution is 0.0925. The van der Waals surface area contributed by atoms with Crippen molar-refractivity contribution in [2.75, 3.05) is 0 Å². The largest absolute Gasteiger partial charge is 0.345 e. The van der Waals surface area contributed by atoms with E-state index in [-0.39, 0.29) is 29.2 Å². The van der Waals surface area contributed by atoms with Gasteiger partial charge in [0.25, 0.3) is 5.91 Å². The zero-order valence-electron chi connectivity index (χ0n) is 11.9. The topological polar surface area (TPSA) is 62.0 Å². The first-order valence-corrected chi connectivity index (χ1v) is 6.72. The van der Waals surface area contributed by atoms with Crippen LogP contribution in [0.5, 0.6) is 0 Å². The van der Waals surface area contributed by atoms with Crippen molar-refractivity contribution < 1.29 is 9.18 Å². The average Bonchev–Trinajstić information content (AvgIpc) is 2.46. The van der Waals surface area contributed by atoms with Crippen LogP contribution < -0.4 is 10.9 Å². The van der Waals surface area contributed by atoms with E-state index in [0.29, 0.717) is 5.56 Å². The first-order valence-electron chi connectivity index (χ1n) is 6.72. The lowest BCUT2D eigenvalue weighted by Gasteiger charge is -2.23. The molecule has 1 unspecified atom stereocenters. The summed E-state index contributed by atoms with van der Waals surface area (Å²) in [5, 5.41) is 2.90. The van der Waals surface area contributed by atoms with Gasteiger partial charge in [-0.15, -0.1) is 0 Å². The Morgan fingerprint density at radius 1 is 1.14 bits per heavy atom. The zero-order chi connectivity index (χ0) is 15.4. The number of benzene rings is 1. The number of carbonyl (C=O) groups excluding carboxylic acids is 1. The van der Waals surface area contributed by atoms with Crippen LogP contribution in [0.4, 0.5) is 4.39 Å². The number of halogens is 1. The maximum absolute atomic E-state index is 13.0. The van der Waals surface area contributed by atoms with E-state index in [0.717, 1.165) is 5.56 Å². The molecular formula is C16H17FN2O2. The van der Waals surface area contributed by atoms with Crippen LogP contribution in [0.2, 0.25) is 0 Å². The van der Waals surface area contributed by atoms with Gasteiger partial charge in [0.2, 0.25) is 5.56 Å². The van der Waals surface area contributed by atoms with E-state index in [1.807, 2.05) is 13.8 Å². The molecule has 2 aromatic rings. The Hall–Kier alpha value is -2.43. The maximum Gasteiger partial charge on any atom is 0.253 e. The minimum absolute atomic E-state index is 0.141. The molecule has 1 amide bonds. The number of hydrogen-bond acceptors (Lipinski definition) is 2. The van der Waals surface area contributed by atoms with Crippen LogP contribution >= 0.6 is 0 Å². The van der Waals surface area contributed by atoms with E-state index in [2.05, 4.69) is 10.3 Å². The highest BCUT2D eigenvalue weighted by Crippen LogP contribution is 2.22. The Balaban J connectivity index is 2.20. The molecule has 0 aliphatic rings. The molecule has 0 fully saturated rings. The van der Waals surface area contributed by atoms with Gasteiger partial charge in [-0.2, -0.15) is 0 Å². The maximum atomic E-state index is 13.0. The van der Waals surface area contributed by atoms with Crippen molar-refractivity contribution in [1.29, 1.82) is 0 Å². The first-order chi connectivity index (χ1) is 9.97. The number of aromatic amines is 1. The Morgan fingerprint density at radius 2 is 1.81 bits per heavy atom. The van der Waals surface area contributed by atoms with Gasteiger partial charge in [0.15, 0.2) is 0 Å². The van der Waals surface area contributed by atoms with Crippen LogP contribution in [-0.4, -0.2) is 10.9 Å². The molecule has 0 aliphatic carbocycles. The first kappa shape index (κ1) is 15.0. The number of amides is 1. The summed E-state index contributed by atoms with van der Waals surface area (Å²) < 4.78 is 13.0. The van der Waals surface area contributed by atoms with Crippen LogP contribution in [0.3, 0.4) is 0 Å². The third-order valence-corrected chi connectivity index (χ3v) is 3.23. The van der Waals surface area contributed by atoms with Crippen LogP contribution in [-0.2, 0) is 0 Å². The molecule has 2 rings (SSSR count). The zero-order valence-corrected chi connectivity index (χ0v) is 11.9. The number of hydrogen-bond donors (Lipinski definition) is 2. The molecule has 0 spiro atoms. The summed E-state index contributed by atoms with van der Waals surface area (Å²) >= 11 is 0. The van der Waals surface area contributed by atoms with Crippen LogP contribution in [0.1, 0.15) is 35.8 Å². The monoisotopic (exact) mass is 288 g/mol. The van der Waals surface area contributed by atoms with E-state index in [1.165, 1.54) is 30.5 Å². The Bertz CT molecular complexity index is 657. The molecule has 0 saturated heterocycles. The van der Waals surface area contributed by atoms with Gasteiger partial charge in [0.1, 0.15) is 5.82 Å². The second-order valence-electron chi connectivity index (χ2n) is 5.19. The molecule has 21 heavy (non-hydrogen) atoms. The van der Waals surface area contributed by atoms with Crippen molar-refractivity contribution in [3.8, 4) is 0 Å². The van der Waals surface area contributed by atoms with Gasteiger partial charge in [0.05, 0.1) is 11.6 Å². The summed E-state index contributed by atoms with van der Waals surface area (Å²) in [5.41, 5.74) is 0.956. The summed E-state index contributed by atoms with van der Waals surface area (Å²) in [7, 11) is 0. The van der Waals surface area contributed by atoms with E-state index in [1.54, 1.807) is 12.1 Å². The highest BCUT2D eigenvalue weighted by atomic mass is 19.1. The fourth-order valence-electron chi connectivity index (χ4n) is 2.08. The molecule has 110 valence electrons. The summed E-state index contributed by atoms with van der Waals surface area (Å²) in [6.45, 7) is 3.95. The molecule has 1 aromatic carbocycles. The van der Waals surface area contributed by atoms with Gasteiger partial charge in [-0.3, -0.25) is 9.59 Å². The molecule has 0 radical (unpaired) electrons. The van der Waals surface area contributed by atoms with Crippen LogP contribution in [0.25, 0.3) is 0 Å². The van der Waals surface area contributed by atoms with Gasteiger partial charge >= 0.3 is 0 Å². The third kappa shape index (κ3) is 3.78. The van der Waals surface area contributed by atoms with Gasteiger partial charge in [-0.05, 0) is 29.7 Å². The van der Waals surface area contributed by atoms with Crippen molar-refractivity contribution in [1.82, 2.24) is 10.3 Å². The predicted octanol–water partition coefficient (Wildman–Crippen LogP) is 2.64. The van der Waals surface area contributed by atoms with Crippen molar-refractivity contribution in [2.24, 2.45) is 5.92 Å². The van der Waals surface area contributed by atoms with Crippen molar-refractivity contribution in [3.63, 3.8) is 0 Å². The van der Waals surface area contributed by atoms with E-state index >= 15 is 0 Å². The van der Waals surface area contributed by atoms with E-state index in [9.17, 15) is 14.0 Å². The molecule has 4 nitrogen and oxygen atoms in total. The van der Waals surface area contributed by atoms with E-state index in [4.69, 9.17) is 0 Å². The molecular weight excluding hydrogens is 271 g/mol. The van der Waals surface area contributed by atoms with Crippen molar-refractivity contribution in [2.45, 2.75) is 19.9 Å². The molecule has 0 saturated carbocycles. The number of carbonyl (C=O) groups is 1. The predicted molar refractivity (Wildman–Crippen MR) is 78.5 cm³/mol. The third-order valence-electron chi connectivity index (χ3n) is 3.23. The summed E-state index contributed by atoms with van der Waals surface area (Å²) in [4.78, 5) is 25.7. The highest BCUT2D eigenvalue weighted by molar-refractivity contribution is 5.94. The molecule has 0 aliphatic heterocycles. The Kier molecular flexibility index (Phi) is 4.52. The molecule has 0 bridgehead atoms. The van der Waals surface area contributed by atoms with Crippen LogP contribution in [0, 0.1) is 11.7 Å². The van der Waals surface area contributed by atoms with Crippen LogP contribution in [0.15, 0.2) is 47.4 Å². The minimum atomic E-state index is -0.312. The molecule has 5 heteroatoms. The SMILES string of the molecule is CC(C)C(NC(=O)c1ccc(=O)[nH]c1)c1ccc(F)cc1. The number of pyridine rings is 1. The number of aromatic nitrogens is 1. The van der Waals surface area contributed by atoms with Crippen molar-refractivity contribution in [3.05, 3.63) is 69.9 Å². The fourth-order valence-corrected chi connectivity index (χ4v) is 2.08. The Labute approximate surface area is 122 Å². The van der Waals surface area contributed by atoms with E-state index < -0.39 is 0 Å². The van der Waals surface area contributed by atoms with Crippen molar-refractivity contribution >= 4 is 5.91 Å². The summed E-state index contributed by atoms with van der Waals surface area (Å²) in [5.74, 6) is -0.454. The number of H-pyrrole nitrogens is 1. The van der Waals surface area contributed by atoms with Gasteiger partial charge in [0, 0.05) is 12.3 Å². The standard InChI is InChI=1S/C16H17FN2O2/c1-10(2)15(11-3-6-13(17)7-4-11)19-16(21)12-5-8-14(20)18-9-12/h3-10,15H,1-2H3,(H,18,20)(H,19,21). The second kappa shape index (κ2) is 6.35. The minimum Gasteiger partial charge on any atom is -0.345 e. The smallest absolute Gasteiger partial charge is 0.253 e. The van der Waals surface area contributed by atoms with Gasteiger partial charge < -0.3 is 10.3 Å². The van der Waals surface area contributed by atoms with Gasteiger partial charge in [-0.25, -0.2) is 4.39 Å². The fraction of sp³-hybridized carbons (Fsp3) is 0.250.